The third kappa shape index (κ3) is 7.04. The number of anilines is 1. The zero-order valence-electron chi connectivity index (χ0n) is 24.5. The molecule has 1 aromatic carbocycles. The van der Waals surface area contributed by atoms with Crippen LogP contribution in [-0.2, 0) is 27.8 Å². The van der Waals surface area contributed by atoms with Crippen LogP contribution in [0, 0.1) is 5.82 Å². The van der Waals surface area contributed by atoms with Crippen molar-refractivity contribution in [2.75, 3.05) is 45.8 Å². The van der Waals surface area contributed by atoms with Crippen LogP contribution >= 0.6 is 0 Å². The van der Waals surface area contributed by atoms with Crippen molar-refractivity contribution >= 4 is 11.8 Å². The molecule has 0 radical (unpaired) electrons. The van der Waals surface area contributed by atoms with Gasteiger partial charge in [0.05, 0.1) is 20.3 Å². The van der Waals surface area contributed by atoms with Gasteiger partial charge in [-0.15, -0.1) is 0 Å². The minimum absolute atomic E-state index is 0.00779. The van der Waals surface area contributed by atoms with Crippen molar-refractivity contribution in [2.24, 2.45) is 0 Å². The van der Waals surface area contributed by atoms with E-state index < -0.39 is 17.8 Å². The van der Waals surface area contributed by atoms with Gasteiger partial charge < -0.3 is 24.6 Å². The molecule has 8 nitrogen and oxygen atoms in total. The summed E-state index contributed by atoms with van der Waals surface area (Å²) in [7, 11) is 3.09. The number of fused-ring (bicyclic) bond motifs is 1. The average Bonchev–Trinajstić information content (AvgIpc) is 3.37. The van der Waals surface area contributed by atoms with E-state index in [2.05, 4.69) is 11.4 Å². The molecule has 1 fully saturated rings. The van der Waals surface area contributed by atoms with E-state index in [1.54, 1.807) is 13.2 Å². The molecule has 1 aromatic heterocycles. The fraction of sp³-hybridized carbons (Fsp3) is 0.613. The zero-order chi connectivity index (χ0) is 28.9. The maximum atomic E-state index is 14.9. The van der Waals surface area contributed by atoms with Gasteiger partial charge in [-0.2, -0.15) is 0 Å². The van der Waals surface area contributed by atoms with Crippen LogP contribution in [0.2, 0.25) is 0 Å². The van der Waals surface area contributed by atoms with Gasteiger partial charge in [0.15, 0.2) is 11.6 Å². The van der Waals surface area contributed by atoms with E-state index >= 15 is 0 Å². The van der Waals surface area contributed by atoms with Crippen molar-refractivity contribution in [1.82, 2.24) is 9.88 Å². The normalized spacial score (nSPS) is 18.2. The van der Waals surface area contributed by atoms with Gasteiger partial charge in [-0.25, -0.2) is 9.37 Å². The summed E-state index contributed by atoms with van der Waals surface area (Å²) in [5.41, 5.74) is 2.97. The second-order valence-corrected chi connectivity index (χ2v) is 11.8. The number of pyridine rings is 1. The van der Waals surface area contributed by atoms with Crippen LogP contribution in [-0.4, -0.2) is 67.5 Å². The molecule has 4 rings (SSSR count). The highest BCUT2D eigenvalue weighted by molar-refractivity contribution is 5.77. The number of ether oxygens (including phenoxy) is 3. The lowest BCUT2D eigenvalue weighted by atomic mass is 9.84. The molecule has 3 heterocycles. The van der Waals surface area contributed by atoms with Crippen LogP contribution < -0.4 is 14.8 Å². The SMILES string of the molecule is COc1cc(CCCCCO[C@@H]2CCN(C(C(=O)O)c3cc(C(C)(C)C)cc(F)c3OC)C2)nc2c1CCCN2. The smallest absolute Gasteiger partial charge is 0.325 e. The minimum Gasteiger partial charge on any atom is -0.496 e. The van der Waals surface area contributed by atoms with Crippen molar-refractivity contribution in [3.63, 3.8) is 0 Å². The van der Waals surface area contributed by atoms with Crippen molar-refractivity contribution < 1.29 is 28.5 Å². The first-order valence-corrected chi connectivity index (χ1v) is 14.4. The summed E-state index contributed by atoms with van der Waals surface area (Å²) in [5.74, 6) is 0.313. The predicted octanol–water partition coefficient (Wildman–Crippen LogP) is 5.52. The lowest BCUT2D eigenvalue weighted by Crippen LogP contribution is -2.34. The van der Waals surface area contributed by atoms with Gasteiger partial charge in [0, 0.05) is 49.1 Å². The maximum absolute atomic E-state index is 14.9. The average molecular weight is 558 g/mol. The number of carboxylic acids is 1. The number of nitrogens with zero attached hydrogens (tertiary/aromatic N) is 2. The summed E-state index contributed by atoms with van der Waals surface area (Å²) in [6.07, 6.45) is 6.60. The Balaban J connectivity index is 1.28. The van der Waals surface area contributed by atoms with Gasteiger partial charge in [-0.1, -0.05) is 27.2 Å². The fourth-order valence-corrected chi connectivity index (χ4v) is 5.68. The minimum atomic E-state index is -1.02. The molecule has 9 heteroatoms. The van der Waals surface area contributed by atoms with Crippen LogP contribution in [0.15, 0.2) is 18.2 Å². The Hall–Kier alpha value is -2.91. The molecular formula is C31H44FN3O5. The number of hydrogen-bond donors (Lipinski definition) is 2. The Kier molecular flexibility index (Phi) is 9.90. The third-order valence-corrected chi connectivity index (χ3v) is 7.90. The van der Waals surface area contributed by atoms with Crippen LogP contribution in [0.5, 0.6) is 11.5 Å². The highest BCUT2D eigenvalue weighted by Gasteiger charge is 2.37. The largest absolute Gasteiger partial charge is 0.496 e. The highest BCUT2D eigenvalue weighted by Crippen LogP contribution is 2.38. The molecule has 2 atom stereocenters. The maximum Gasteiger partial charge on any atom is 0.325 e. The topological polar surface area (TPSA) is 93.2 Å². The molecule has 1 unspecified atom stereocenters. The number of halogens is 1. The molecule has 0 aliphatic carbocycles. The van der Waals surface area contributed by atoms with Gasteiger partial charge >= 0.3 is 5.97 Å². The van der Waals surface area contributed by atoms with Gasteiger partial charge in [0.2, 0.25) is 0 Å². The number of rotatable bonds is 12. The Morgan fingerprint density at radius 1 is 1.20 bits per heavy atom. The van der Waals surface area contributed by atoms with Gasteiger partial charge in [0.25, 0.3) is 0 Å². The van der Waals surface area contributed by atoms with Crippen molar-refractivity contribution in [2.45, 2.75) is 83.3 Å². The number of aliphatic carboxylic acids is 1. The molecule has 2 aliphatic rings. The Morgan fingerprint density at radius 3 is 2.70 bits per heavy atom. The second kappa shape index (κ2) is 13.2. The Bertz CT molecular complexity index is 1170. The summed E-state index contributed by atoms with van der Waals surface area (Å²) in [5, 5.41) is 13.6. The highest BCUT2D eigenvalue weighted by atomic mass is 19.1. The molecular weight excluding hydrogens is 513 g/mol. The molecule has 1 saturated heterocycles. The first-order valence-electron chi connectivity index (χ1n) is 14.4. The number of unbranched alkanes of at least 4 members (excludes halogenated alkanes) is 2. The van der Waals surface area contributed by atoms with E-state index in [0.717, 1.165) is 74.3 Å². The van der Waals surface area contributed by atoms with Crippen LogP contribution in [0.3, 0.4) is 0 Å². The summed E-state index contributed by atoms with van der Waals surface area (Å²) in [6.45, 7) is 8.54. The van der Waals surface area contributed by atoms with Crippen LogP contribution in [0.1, 0.15) is 81.3 Å². The molecule has 2 N–H and O–H groups in total. The van der Waals surface area contributed by atoms with Crippen LogP contribution in [0.4, 0.5) is 10.2 Å². The van der Waals surface area contributed by atoms with Crippen molar-refractivity contribution in [1.29, 1.82) is 0 Å². The van der Waals surface area contributed by atoms with E-state index in [0.29, 0.717) is 25.3 Å². The summed E-state index contributed by atoms with van der Waals surface area (Å²) in [4.78, 5) is 19.1. The monoisotopic (exact) mass is 557 g/mol. The molecule has 2 aliphatic heterocycles. The predicted molar refractivity (Wildman–Crippen MR) is 153 cm³/mol. The molecule has 0 bridgehead atoms. The summed E-state index contributed by atoms with van der Waals surface area (Å²) < 4.78 is 32.0. The number of aromatic nitrogens is 1. The number of methoxy groups -OCH3 is 2. The van der Waals surface area contributed by atoms with Gasteiger partial charge in [0.1, 0.15) is 17.6 Å². The molecule has 0 saturated carbocycles. The van der Waals surface area contributed by atoms with E-state index in [1.165, 1.54) is 18.7 Å². The van der Waals surface area contributed by atoms with Crippen LogP contribution in [0.25, 0.3) is 0 Å². The molecule has 2 aromatic rings. The number of benzene rings is 1. The van der Waals surface area contributed by atoms with E-state index in [9.17, 15) is 14.3 Å². The second-order valence-electron chi connectivity index (χ2n) is 11.8. The first-order chi connectivity index (χ1) is 19.1. The lowest BCUT2D eigenvalue weighted by Gasteiger charge is -2.28. The number of likely N-dealkylation sites (tertiary alicyclic amines) is 1. The van der Waals surface area contributed by atoms with E-state index in [-0.39, 0.29) is 17.3 Å². The van der Waals surface area contributed by atoms with E-state index in [1.807, 2.05) is 25.7 Å². The number of carboxylic acid groups (broad SMARTS) is 1. The van der Waals surface area contributed by atoms with E-state index in [4.69, 9.17) is 19.2 Å². The number of carbonyl (C=O) groups is 1. The summed E-state index contributed by atoms with van der Waals surface area (Å²) in [6, 6.07) is 4.27. The Morgan fingerprint density at radius 2 is 2.00 bits per heavy atom. The quantitative estimate of drug-likeness (QED) is 0.330. The third-order valence-electron chi connectivity index (χ3n) is 7.90. The van der Waals surface area contributed by atoms with Crippen molar-refractivity contribution in [3.8, 4) is 11.5 Å². The summed E-state index contributed by atoms with van der Waals surface area (Å²) >= 11 is 0. The number of aryl methyl sites for hydroxylation is 1. The number of hydrogen-bond acceptors (Lipinski definition) is 7. The van der Waals surface area contributed by atoms with Gasteiger partial charge in [-0.05, 0) is 61.6 Å². The lowest BCUT2D eigenvalue weighted by molar-refractivity contribution is -0.143. The van der Waals surface area contributed by atoms with Gasteiger partial charge in [-0.3, -0.25) is 9.69 Å². The molecule has 0 amide bonds. The standard InChI is InChI=1S/C31H44FN3O5/c1-31(2,3)20-16-24(28(39-5)25(32)17-20)27(30(36)37)35-14-12-22(19-35)40-15-8-6-7-10-21-18-26(38-4)23-11-9-13-33-29(23)34-21/h16-18,22,27H,6-15,19H2,1-5H3,(H,33,34)(H,36,37)/t22-,27?/m1/s1. The fourth-order valence-electron chi connectivity index (χ4n) is 5.68. The molecule has 40 heavy (non-hydrogen) atoms. The zero-order valence-corrected chi connectivity index (χ0v) is 24.5. The number of nitrogens with one attached hydrogen (secondary N) is 1. The molecule has 220 valence electrons. The van der Waals surface area contributed by atoms with Crippen molar-refractivity contribution in [3.05, 3.63) is 46.4 Å². The Labute approximate surface area is 237 Å². The first kappa shape index (κ1) is 30.1. The molecule has 0 spiro atoms.